The Labute approximate surface area is 127 Å². The van der Waals surface area contributed by atoms with Crippen molar-refractivity contribution in [2.24, 2.45) is 7.05 Å². The van der Waals surface area contributed by atoms with E-state index in [1.165, 1.54) is 29.9 Å². The minimum absolute atomic E-state index is 0.124. The van der Waals surface area contributed by atoms with E-state index in [-0.39, 0.29) is 11.6 Å². The van der Waals surface area contributed by atoms with Gasteiger partial charge in [-0.2, -0.15) is 0 Å². The van der Waals surface area contributed by atoms with Crippen molar-refractivity contribution in [3.63, 3.8) is 0 Å². The zero-order valence-corrected chi connectivity index (χ0v) is 13.3. The Morgan fingerprint density at radius 2 is 1.80 bits per heavy atom. The molecule has 1 aliphatic rings. The fourth-order valence-electron chi connectivity index (χ4n) is 2.34. The number of aromatic nitrogens is 1. The van der Waals surface area contributed by atoms with E-state index < -0.39 is 0 Å². The molecule has 1 saturated heterocycles. The maximum absolute atomic E-state index is 12.3. The summed E-state index contributed by atoms with van der Waals surface area (Å²) >= 11 is 3.37. The Bertz CT molecular complexity index is 534. The number of nitrogens with zero attached hydrogens (tertiary/aromatic N) is 2. The summed E-state index contributed by atoms with van der Waals surface area (Å²) in [5, 5.41) is 2.82. The van der Waals surface area contributed by atoms with Gasteiger partial charge in [-0.05, 0) is 28.8 Å². The number of aryl methyl sites for hydroxylation is 1. The van der Waals surface area contributed by atoms with Gasteiger partial charge in [0.1, 0.15) is 0 Å². The molecule has 0 radical (unpaired) electrons. The fourth-order valence-corrected chi connectivity index (χ4v) is 2.86. The number of nitrogens with one attached hydrogen (secondary N) is 1. The Morgan fingerprint density at radius 3 is 2.45 bits per heavy atom. The maximum Gasteiger partial charge on any atom is 0.321 e. The van der Waals surface area contributed by atoms with Crippen molar-refractivity contribution in [3.8, 4) is 0 Å². The molecule has 0 saturated carbocycles. The Morgan fingerprint density at radius 1 is 1.20 bits per heavy atom. The van der Waals surface area contributed by atoms with Crippen LogP contribution in [0, 0.1) is 0 Å². The van der Waals surface area contributed by atoms with Crippen molar-refractivity contribution < 1.29 is 4.79 Å². The highest BCUT2D eigenvalue weighted by atomic mass is 79.9. The molecule has 0 atom stereocenters. The highest BCUT2D eigenvalue weighted by molar-refractivity contribution is 9.10. The average molecular weight is 342 g/mol. The normalized spacial score (nSPS) is 16.4. The molecule has 0 unspecified atom stereocenters. The Hall–Kier alpha value is -1.30. The summed E-state index contributed by atoms with van der Waals surface area (Å²) < 4.78 is 2.18. The van der Waals surface area contributed by atoms with E-state index in [9.17, 15) is 9.59 Å². The maximum atomic E-state index is 12.3. The van der Waals surface area contributed by atoms with Crippen LogP contribution in [0.25, 0.3) is 0 Å². The first kappa shape index (κ1) is 15.1. The molecule has 1 aliphatic heterocycles. The molecule has 1 aromatic rings. The zero-order valence-electron chi connectivity index (χ0n) is 11.7. The molecule has 0 spiro atoms. The molecule has 20 heavy (non-hydrogen) atoms. The standard InChI is InChI=1S/C14H20BrN3O2/c1-17-10-11(15)12(9-13(17)19)16-14(20)18-7-5-3-2-4-6-8-18/h9-10H,2-8H2,1H3,(H,16,20). The van der Waals surface area contributed by atoms with E-state index in [4.69, 9.17) is 0 Å². The summed E-state index contributed by atoms with van der Waals surface area (Å²) in [6.07, 6.45) is 7.37. The summed E-state index contributed by atoms with van der Waals surface area (Å²) in [4.78, 5) is 25.7. The SMILES string of the molecule is Cn1cc(Br)c(NC(=O)N2CCCCCCC2)cc1=O. The van der Waals surface area contributed by atoms with Crippen LogP contribution in [-0.4, -0.2) is 28.6 Å². The summed E-state index contributed by atoms with van der Waals surface area (Å²) in [5.74, 6) is 0. The largest absolute Gasteiger partial charge is 0.325 e. The smallest absolute Gasteiger partial charge is 0.321 e. The predicted molar refractivity (Wildman–Crippen MR) is 83.1 cm³/mol. The number of anilines is 1. The van der Waals surface area contributed by atoms with E-state index in [0.717, 1.165) is 25.9 Å². The molecule has 110 valence electrons. The van der Waals surface area contributed by atoms with Gasteiger partial charge in [-0.3, -0.25) is 4.79 Å². The van der Waals surface area contributed by atoms with Gasteiger partial charge in [-0.15, -0.1) is 0 Å². The third-order valence-corrected chi connectivity index (χ3v) is 4.20. The third kappa shape index (κ3) is 3.85. The lowest BCUT2D eigenvalue weighted by molar-refractivity contribution is 0.206. The number of amides is 2. The molecular formula is C14H20BrN3O2. The number of halogens is 1. The van der Waals surface area contributed by atoms with E-state index in [1.807, 2.05) is 4.90 Å². The van der Waals surface area contributed by atoms with Crippen LogP contribution < -0.4 is 10.9 Å². The van der Waals surface area contributed by atoms with E-state index >= 15 is 0 Å². The van der Waals surface area contributed by atoms with Crippen molar-refractivity contribution in [1.82, 2.24) is 9.47 Å². The van der Waals surface area contributed by atoms with Crippen LogP contribution in [0.3, 0.4) is 0 Å². The fraction of sp³-hybridized carbons (Fsp3) is 0.571. The molecule has 1 N–H and O–H groups in total. The van der Waals surface area contributed by atoms with E-state index in [1.54, 1.807) is 13.2 Å². The topological polar surface area (TPSA) is 54.3 Å². The lowest BCUT2D eigenvalue weighted by Gasteiger charge is -2.25. The van der Waals surface area contributed by atoms with Crippen molar-refractivity contribution in [1.29, 1.82) is 0 Å². The van der Waals surface area contributed by atoms with Crippen LogP contribution >= 0.6 is 15.9 Å². The van der Waals surface area contributed by atoms with Gasteiger partial charge in [0.05, 0.1) is 10.2 Å². The molecule has 0 aromatic carbocycles. The van der Waals surface area contributed by atoms with Crippen molar-refractivity contribution in [2.45, 2.75) is 32.1 Å². The van der Waals surface area contributed by atoms with E-state index in [2.05, 4.69) is 21.2 Å². The zero-order chi connectivity index (χ0) is 14.5. The van der Waals surface area contributed by atoms with Gasteiger partial charge in [0.15, 0.2) is 0 Å². The van der Waals surface area contributed by atoms with Gasteiger partial charge in [-0.1, -0.05) is 19.3 Å². The molecule has 2 amide bonds. The molecule has 0 aliphatic carbocycles. The van der Waals surface area contributed by atoms with Crippen LogP contribution in [0.15, 0.2) is 21.5 Å². The number of pyridine rings is 1. The van der Waals surface area contributed by atoms with Gasteiger partial charge in [-0.25, -0.2) is 4.79 Å². The summed E-state index contributed by atoms with van der Waals surface area (Å²) in [5.41, 5.74) is 0.385. The van der Waals surface area contributed by atoms with E-state index in [0.29, 0.717) is 10.2 Å². The number of hydrogen-bond acceptors (Lipinski definition) is 2. The number of likely N-dealkylation sites (tertiary alicyclic amines) is 1. The van der Waals surface area contributed by atoms with Crippen molar-refractivity contribution in [2.75, 3.05) is 18.4 Å². The van der Waals surface area contributed by atoms with Gasteiger partial charge in [0.25, 0.3) is 5.56 Å². The highest BCUT2D eigenvalue weighted by Gasteiger charge is 2.16. The second kappa shape index (κ2) is 6.92. The number of carbonyl (C=O) groups is 1. The molecule has 1 fully saturated rings. The first-order chi connectivity index (χ1) is 9.58. The predicted octanol–water partition coefficient (Wildman–Crippen LogP) is 2.95. The van der Waals surface area contributed by atoms with Crippen molar-refractivity contribution >= 4 is 27.6 Å². The molecular weight excluding hydrogens is 322 g/mol. The summed E-state index contributed by atoms with van der Waals surface area (Å²) in [7, 11) is 1.68. The Balaban J connectivity index is 2.06. The molecule has 0 bridgehead atoms. The molecule has 2 rings (SSSR count). The molecule has 1 aromatic heterocycles. The number of hydrogen-bond donors (Lipinski definition) is 1. The number of urea groups is 1. The lowest BCUT2D eigenvalue weighted by Crippen LogP contribution is -2.37. The highest BCUT2D eigenvalue weighted by Crippen LogP contribution is 2.20. The van der Waals surface area contributed by atoms with Gasteiger partial charge < -0.3 is 14.8 Å². The monoisotopic (exact) mass is 341 g/mol. The van der Waals surface area contributed by atoms with Crippen LogP contribution in [-0.2, 0) is 7.05 Å². The summed E-state index contributed by atoms with van der Waals surface area (Å²) in [6.45, 7) is 1.57. The third-order valence-electron chi connectivity index (χ3n) is 3.56. The van der Waals surface area contributed by atoms with Crippen LogP contribution in [0.2, 0.25) is 0 Å². The van der Waals surface area contributed by atoms with Crippen LogP contribution in [0.4, 0.5) is 10.5 Å². The second-order valence-electron chi connectivity index (χ2n) is 5.17. The average Bonchev–Trinajstić information content (AvgIpc) is 2.35. The number of rotatable bonds is 1. The molecule has 2 heterocycles. The Kier molecular flexibility index (Phi) is 5.23. The summed E-state index contributed by atoms with van der Waals surface area (Å²) in [6, 6.07) is 1.31. The first-order valence-electron chi connectivity index (χ1n) is 7.00. The van der Waals surface area contributed by atoms with Gasteiger partial charge in [0.2, 0.25) is 0 Å². The first-order valence-corrected chi connectivity index (χ1v) is 7.79. The quantitative estimate of drug-likeness (QED) is 0.853. The minimum atomic E-state index is -0.142. The van der Waals surface area contributed by atoms with Gasteiger partial charge >= 0.3 is 6.03 Å². The molecule has 5 nitrogen and oxygen atoms in total. The van der Waals surface area contributed by atoms with Crippen LogP contribution in [0.1, 0.15) is 32.1 Å². The second-order valence-corrected chi connectivity index (χ2v) is 6.02. The molecule has 6 heteroatoms. The van der Waals surface area contributed by atoms with Gasteiger partial charge in [0, 0.05) is 32.4 Å². The van der Waals surface area contributed by atoms with Crippen LogP contribution in [0.5, 0.6) is 0 Å². The van der Waals surface area contributed by atoms with Crippen molar-refractivity contribution in [3.05, 3.63) is 27.1 Å². The number of carbonyl (C=O) groups excluding carboxylic acids is 1. The lowest BCUT2D eigenvalue weighted by atomic mass is 10.1. The minimum Gasteiger partial charge on any atom is -0.325 e.